The Morgan fingerprint density at radius 3 is 2.28 bits per heavy atom. The smallest absolute Gasteiger partial charge is 0.0112 e. The standard InChI is InChI=1S/C18H32/c1-7-17(5)11-9-12-18(6,8-2)14-16(10-13-17)15(3)4/h9-10,12,15H,7-8,11,13-14H2,1-6H3. The van der Waals surface area contributed by atoms with E-state index in [-0.39, 0.29) is 0 Å². The Morgan fingerprint density at radius 2 is 1.78 bits per heavy atom. The molecule has 1 aliphatic rings. The summed E-state index contributed by atoms with van der Waals surface area (Å²) in [6.45, 7) is 14.2. The lowest BCUT2D eigenvalue weighted by Crippen LogP contribution is -2.14. The number of hydrogen-bond acceptors (Lipinski definition) is 0. The molecule has 0 nitrogen and oxygen atoms in total. The van der Waals surface area contributed by atoms with E-state index in [1.165, 1.54) is 32.1 Å². The zero-order chi connectivity index (χ0) is 13.8. The van der Waals surface area contributed by atoms with Crippen LogP contribution in [0.2, 0.25) is 0 Å². The minimum Gasteiger partial charge on any atom is -0.0874 e. The third kappa shape index (κ3) is 4.00. The lowest BCUT2D eigenvalue weighted by molar-refractivity contribution is 0.318. The lowest BCUT2D eigenvalue weighted by Gasteiger charge is -2.27. The van der Waals surface area contributed by atoms with E-state index in [4.69, 9.17) is 0 Å². The van der Waals surface area contributed by atoms with E-state index in [1.807, 2.05) is 0 Å². The molecule has 18 heavy (non-hydrogen) atoms. The SMILES string of the molecule is CCC1(C)C=CCC(C)(CC)CC=C(C(C)C)C1. The molecule has 0 saturated heterocycles. The van der Waals surface area contributed by atoms with Crippen molar-refractivity contribution in [2.75, 3.05) is 0 Å². The molecule has 0 aromatic rings. The molecule has 0 heteroatoms. The van der Waals surface area contributed by atoms with E-state index < -0.39 is 0 Å². The van der Waals surface area contributed by atoms with Crippen molar-refractivity contribution in [2.45, 2.75) is 73.6 Å². The Hall–Kier alpha value is -0.520. The summed E-state index contributed by atoms with van der Waals surface area (Å²) in [6, 6.07) is 0. The van der Waals surface area contributed by atoms with Crippen LogP contribution in [-0.2, 0) is 0 Å². The summed E-state index contributed by atoms with van der Waals surface area (Å²) in [5, 5.41) is 0. The monoisotopic (exact) mass is 248 g/mol. The second-order valence-electron chi connectivity index (χ2n) is 7.09. The predicted octanol–water partition coefficient (Wildman–Crippen LogP) is 6.14. The molecule has 0 radical (unpaired) electrons. The molecule has 0 amide bonds. The van der Waals surface area contributed by atoms with Crippen LogP contribution in [0.5, 0.6) is 0 Å². The van der Waals surface area contributed by atoms with Crippen LogP contribution in [0, 0.1) is 16.7 Å². The summed E-state index contributed by atoms with van der Waals surface area (Å²) in [5.41, 5.74) is 2.47. The first-order valence-corrected chi connectivity index (χ1v) is 7.71. The van der Waals surface area contributed by atoms with Crippen molar-refractivity contribution in [2.24, 2.45) is 16.7 Å². The van der Waals surface area contributed by atoms with Crippen molar-refractivity contribution < 1.29 is 0 Å². The number of hydrogen-bond donors (Lipinski definition) is 0. The second kappa shape index (κ2) is 6.08. The topological polar surface area (TPSA) is 0 Å². The normalized spacial score (nSPS) is 33.8. The van der Waals surface area contributed by atoms with Gasteiger partial charge < -0.3 is 0 Å². The molecular weight excluding hydrogens is 216 g/mol. The van der Waals surface area contributed by atoms with Gasteiger partial charge in [0, 0.05) is 0 Å². The van der Waals surface area contributed by atoms with Gasteiger partial charge in [-0.15, -0.1) is 0 Å². The molecule has 1 rings (SSSR count). The van der Waals surface area contributed by atoms with Crippen LogP contribution in [0.25, 0.3) is 0 Å². The first-order chi connectivity index (χ1) is 8.34. The zero-order valence-corrected chi connectivity index (χ0v) is 13.3. The van der Waals surface area contributed by atoms with Gasteiger partial charge in [-0.05, 0) is 42.4 Å². The highest BCUT2D eigenvalue weighted by molar-refractivity contribution is 5.15. The van der Waals surface area contributed by atoms with Crippen LogP contribution < -0.4 is 0 Å². The van der Waals surface area contributed by atoms with Gasteiger partial charge in [-0.2, -0.15) is 0 Å². The fraction of sp³-hybridized carbons (Fsp3) is 0.778. The molecule has 104 valence electrons. The molecule has 2 unspecified atom stereocenters. The maximum atomic E-state index is 2.55. The van der Waals surface area contributed by atoms with Crippen molar-refractivity contribution in [3.8, 4) is 0 Å². The Labute approximate surface area is 115 Å². The summed E-state index contributed by atoms with van der Waals surface area (Å²) < 4.78 is 0. The quantitative estimate of drug-likeness (QED) is 0.526. The van der Waals surface area contributed by atoms with Gasteiger partial charge in [0.15, 0.2) is 0 Å². The van der Waals surface area contributed by atoms with E-state index >= 15 is 0 Å². The molecule has 1 aliphatic carbocycles. The van der Waals surface area contributed by atoms with Gasteiger partial charge in [-0.1, -0.05) is 71.8 Å². The molecule has 0 aromatic heterocycles. The van der Waals surface area contributed by atoms with Crippen LogP contribution >= 0.6 is 0 Å². The average Bonchev–Trinajstić information content (AvgIpc) is 2.39. The van der Waals surface area contributed by atoms with Gasteiger partial charge in [-0.25, -0.2) is 0 Å². The maximum Gasteiger partial charge on any atom is -0.0112 e. The van der Waals surface area contributed by atoms with Crippen molar-refractivity contribution in [3.63, 3.8) is 0 Å². The molecule has 0 heterocycles. The zero-order valence-electron chi connectivity index (χ0n) is 13.3. The maximum absolute atomic E-state index is 2.55. The number of rotatable bonds is 3. The lowest BCUT2D eigenvalue weighted by atomic mass is 9.78. The fourth-order valence-electron chi connectivity index (χ4n) is 2.66. The van der Waals surface area contributed by atoms with Crippen molar-refractivity contribution in [1.29, 1.82) is 0 Å². The van der Waals surface area contributed by atoms with Crippen LogP contribution in [0.4, 0.5) is 0 Å². The minimum absolute atomic E-state index is 0.356. The second-order valence-corrected chi connectivity index (χ2v) is 7.09. The Kier molecular flexibility index (Phi) is 5.25. The van der Waals surface area contributed by atoms with Gasteiger partial charge in [0.2, 0.25) is 0 Å². The highest BCUT2D eigenvalue weighted by Crippen LogP contribution is 2.39. The van der Waals surface area contributed by atoms with E-state index in [0.29, 0.717) is 16.7 Å². The Balaban J connectivity index is 3.05. The Bertz CT molecular complexity index is 321. The summed E-state index contributed by atoms with van der Waals surface area (Å²) in [7, 11) is 0. The highest BCUT2D eigenvalue weighted by atomic mass is 14.3. The predicted molar refractivity (Wildman–Crippen MR) is 82.7 cm³/mol. The van der Waals surface area contributed by atoms with E-state index in [1.54, 1.807) is 5.57 Å². The van der Waals surface area contributed by atoms with Crippen molar-refractivity contribution in [1.82, 2.24) is 0 Å². The van der Waals surface area contributed by atoms with E-state index in [9.17, 15) is 0 Å². The van der Waals surface area contributed by atoms with Gasteiger partial charge in [-0.3, -0.25) is 0 Å². The van der Waals surface area contributed by atoms with Gasteiger partial charge in [0.25, 0.3) is 0 Å². The molecular formula is C18H32. The van der Waals surface area contributed by atoms with Gasteiger partial charge in [0.1, 0.15) is 0 Å². The van der Waals surface area contributed by atoms with E-state index in [2.05, 4.69) is 59.8 Å². The highest BCUT2D eigenvalue weighted by Gasteiger charge is 2.26. The summed E-state index contributed by atoms with van der Waals surface area (Å²) in [5.74, 6) is 0.684. The van der Waals surface area contributed by atoms with E-state index in [0.717, 1.165) is 0 Å². The largest absolute Gasteiger partial charge is 0.0874 e. The first kappa shape index (κ1) is 15.5. The molecule has 0 aromatic carbocycles. The molecule has 0 fully saturated rings. The average molecular weight is 248 g/mol. The molecule has 0 N–H and O–H groups in total. The molecule has 0 saturated carbocycles. The Morgan fingerprint density at radius 1 is 1.11 bits per heavy atom. The van der Waals surface area contributed by atoms with Crippen LogP contribution in [-0.4, -0.2) is 0 Å². The van der Waals surface area contributed by atoms with Crippen LogP contribution in [0.15, 0.2) is 23.8 Å². The van der Waals surface area contributed by atoms with Crippen molar-refractivity contribution >= 4 is 0 Å². The first-order valence-electron chi connectivity index (χ1n) is 7.71. The molecule has 2 atom stereocenters. The van der Waals surface area contributed by atoms with Crippen molar-refractivity contribution in [3.05, 3.63) is 23.8 Å². The summed E-state index contributed by atoms with van der Waals surface area (Å²) >= 11 is 0. The van der Waals surface area contributed by atoms with Crippen LogP contribution in [0.1, 0.15) is 73.6 Å². The molecule has 0 spiro atoms. The third-order valence-corrected chi connectivity index (χ3v) is 5.00. The summed E-state index contributed by atoms with van der Waals surface area (Å²) in [6.07, 6.45) is 13.7. The number of allylic oxidation sites excluding steroid dienone is 4. The fourth-order valence-corrected chi connectivity index (χ4v) is 2.66. The molecule has 0 bridgehead atoms. The molecule has 0 aliphatic heterocycles. The minimum atomic E-state index is 0.356. The van der Waals surface area contributed by atoms with Crippen LogP contribution in [0.3, 0.4) is 0 Å². The summed E-state index contributed by atoms with van der Waals surface area (Å²) in [4.78, 5) is 0. The van der Waals surface area contributed by atoms with Gasteiger partial charge >= 0.3 is 0 Å². The van der Waals surface area contributed by atoms with Gasteiger partial charge in [0.05, 0.1) is 0 Å². The third-order valence-electron chi connectivity index (χ3n) is 5.00.